The number of anilines is 1. The fraction of sp³-hybridized carbons (Fsp3) is 0.421. The predicted octanol–water partition coefficient (Wildman–Crippen LogP) is 2.07. The number of likely N-dealkylation sites (tertiary alicyclic amines) is 1. The highest BCUT2D eigenvalue weighted by Gasteiger charge is 2.27. The monoisotopic (exact) mass is 340 g/mol. The summed E-state index contributed by atoms with van der Waals surface area (Å²) < 4.78 is 5.87. The highest BCUT2D eigenvalue weighted by atomic mass is 16.5. The smallest absolute Gasteiger partial charge is 0.233 e. The molecule has 1 aliphatic heterocycles. The Morgan fingerprint density at radius 3 is 2.80 bits per heavy atom. The van der Waals surface area contributed by atoms with Crippen molar-refractivity contribution >= 4 is 11.7 Å². The first kappa shape index (κ1) is 17.2. The van der Waals surface area contributed by atoms with Crippen LogP contribution in [0.15, 0.2) is 36.4 Å². The Morgan fingerprint density at radius 2 is 2.12 bits per heavy atom. The Kier molecular flexibility index (Phi) is 5.16. The molecule has 0 saturated carbocycles. The fourth-order valence-corrected chi connectivity index (χ4v) is 2.94. The molecule has 132 valence electrons. The van der Waals surface area contributed by atoms with Crippen molar-refractivity contribution < 1.29 is 9.53 Å². The Balaban J connectivity index is 1.53. The average Bonchev–Trinajstić information content (AvgIpc) is 3.04. The quantitative estimate of drug-likeness (QED) is 0.834. The fourth-order valence-electron chi connectivity index (χ4n) is 2.94. The number of hydrogen-bond donors (Lipinski definition) is 0. The molecule has 25 heavy (non-hydrogen) atoms. The van der Waals surface area contributed by atoms with E-state index in [0.717, 1.165) is 24.3 Å². The van der Waals surface area contributed by atoms with Crippen molar-refractivity contribution in [3.8, 4) is 5.88 Å². The minimum atomic E-state index is -0.0269. The van der Waals surface area contributed by atoms with Crippen molar-refractivity contribution in [1.82, 2.24) is 15.1 Å². The maximum absolute atomic E-state index is 12.5. The Hall–Kier alpha value is -2.63. The summed E-state index contributed by atoms with van der Waals surface area (Å²) in [7, 11) is 3.83. The molecule has 0 bridgehead atoms. The third-order valence-corrected chi connectivity index (χ3v) is 4.31. The zero-order valence-corrected chi connectivity index (χ0v) is 15.0. The molecule has 1 aromatic carbocycles. The van der Waals surface area contributed by atoms with Gasteiger partial charge in [-0.2, -0.15) is 0 Å². The van der Waals surface area contributed by atoms with Crippen molar-refractivity contribution in [2.75, 3.05) is 32.1 Å². The molecular formula is C19H24N4O2. The van der Waals surface area contributed by atoms with Crippen LogP contribution < -0.4 is 9.64 Å². The van der Waals surface area contributed by atoms with Crippen LogP contribution in [0, 0.1) is 6.92 Å². The number of amides is 1. The van der Waals surface area contributed by atoms with Gasteiger partial charge in [0.15, 0.2) is 5.82 Å². The predicted molar refractivity (Wildman–Crippen MR) is 96.9 cm³/mol. The van der Waals surface area contributed by atoms with Gasteiger partial charge in [0.05, 0.1) is 13.0 Å². The molecule has 1 amide bonds. The number of nitrogens with zero attached hydrogens (tertiary/aromatic N) is 4. The Labute approximate surface area is 148 Å². The van der Waals surface area contributed by atoms with Gasteiger partial charge < -0.3 is 14.5 Å². The number of hydrogen-bond acceptors (Lipinski definition) is 5. The highest BCUT2D eigenvalue weighted by Crippen LogP contribution is 2.18. The van der Waals surface area contributed by atoms with Crippen molar-refractivity contribution in [2.45, 2.75) is 25.9 Å². The van der Waals surface area contributed by atoms with E-state index >= 15 is 0 Å². The van der Waals surface area contributed by atoms with E-state index in [-0.39, 0.29) is 12.0 Å². The van der Waals surface area contributed by atoms with Crippen LogP contribution in [0.5, 0.6) is 5.88 Å². The second-order valence-corrected chi connectivity index (χ2v) is 6.66. The summed E-state index contributed by atoms with van der Waals surface area (Å²) in [5.41, 5.74) is 2.23. The standard InChI is InChI=1S/C19H24N4O2/c1-14-5-4-6-15(11-14)12-19(24)23-10-9-16(13-23)25-18-8-7-17(20-21-18)22(2)3/h4-8,11,16H,9-10,12-13H2,1-3H3/t16-/m0/s1. The summed E-state index contributed by atoms with van der Waals surface area (Å²) in [4.78, 5) is 16.2. The molecule has 2 heterocycles. The van der Waals surface area contributed by atoms with Gasteiger partial charge >= 0.3 is 0 Å². The third kappa shape index (κ3) is 4.47. The maximum Gasteiger partial charge on any atom is 0.233 e. The summed E-state index contributed by atoms with van der Waals surface area (Å²) in [6.45, 7) is 3.36. The minimum Gasteiger partial charge on any atom is -0.471 e. The van der Waals surface area contributed by atoms with Crippen LogP contribution in [0.3, 0.4) is 0 Å². The number of benzene rings is 1. The molecule has 0 unspecified atom stereocenters. The molecule has 1 aliphatic rings. The lowest BCUT2D eigenvalue weighted by Gasteiger charge is -2.17. The van der Waals surface area contributed by atoms with Crippen molar-refractivity contribution in [3.05, 3.63) is 47.5 Å². The summed E-state index contributed by atoms with van der Waals surface area (Å²) in [5.74, 6) is 1.43. The molecule has 1 atom stereocenters. The van der Waals surface area contributed by atoms with Crippen LogP contribution in [-0.4, -0.2) is 54.3 Å². The van der Waals surface area contributed by atoms with Gasteiger partial charge in [0, 0.05) is 33.1 Å². The largest absolute Gasteiger partial charge is 0.471 e. The molecule has 0 radical (unpaired) electrons. The molecule has 1 fully saturated rings. The maximum atomic E-state index is 12.5. The van der Waals surface area contributed by atoms with E-state index < -0.39 is 0 Å². The number of aromatic nitrogens is 2. The van der Waals surface area contributed by atoms with Gasteiger partial charge in [0.25, 0.3) is 0 Å². The minimum absolute atomic E-state index is 0.0269. The van der Waals surface area contributed by atoms with Crippen LogP contribution in [0.25, 0.3) is 0 Å². The van der Waals surface area contributed by atoms with Crippen molar-refractivity contribution in [1.29, 1.82) is 0 Å². The summed E-state index contributed by atoms with van der Waals surface area (Å²) in [6, 6.07) is 11.8. The molecule has 6 heteroatoms. The molecule has 1 aromatic heterocycles. The van der Waals surface area contributed by atoms with Gasteiger partial charge in [0.2, 0.25) is 11.8 Å². The number of carbonyl (C=O) groups excluding carboxylic acids is 1. The number of rotatable bonds is 5. The first-order chi connectivity index (χ1) is 12.0. The second-order valence-electron chi connectivity index (χ2n) is 6.66. The van der Waals surface area contributed by atoms with Gasteiger partial charge in [0.1, 0.15) is 6.10 Å². The summed E-state index contributed by atoms with van der Waals surface area (Å²) in [5, 5.41) is 8.20. The zero-order chi connectivity index (χ0) is 17.8. The van der Waals surface area contributed by atoms with Crippen LogP contribution in [0.4, 0.5) is 5.82 Å². The summed E-state index contributed by atoms with van der Waals surface area (Å²) >= 11 is 0. The zero-order valence-electron chi connectivity index (χ0n) is 15.0. The molecule has 2 aromatic rings. The lowest BCUT2D eigenvalue weighted by atomic mass is 10.1. The van der Waals surface area contributed by atoms with E-state index in [4.69, 9.17) is 4.74 Å². The van der Waals surface area contributed by atoms with E-state index in [1.807, 2.05) is 61.2 Å². The van der Waals surface area contributed by atoms with E-state index in [1.54, 1.807) is 0 Å². The SMILES string of the molecule is Cc1cccc(CC(=O)N2CC[C@H](Oc3ccc(N(C)C)nn3)C2)c1. The lowest BCUT2D eigenvalue weighted by Crippen LogP contribution is -2.32. The van der Waals surface area contributed by atoms with Crippen LogP contribution >= 0.6 is 0 Å². The first-order valence-corrected chi connectivity index (χ1v) is 8.52. The second kappa shape index (κ2) is 7.51. The average molecular weight is 340 g/mol. The van der Waals surface area contributed by atoms with Gasteiger partial charge in [-0.25, -0.2) is 0 Å². The van der Waals surface area contributed by atoms with Crippen molar-refractivity contribution in [2.24, 2.45) is 0 Å². The van der Waals surface area contributed by atoms with Gasteiger partial charge in [-0.1, -0.05) is 29.8 Å². The molecule has 3 rings (SSSR count). The molecule has 1 saturated heterocycles. The molecular weight excluding hydrogens is 316 g/mol. The molecule has 0 N–H and O–H groups in total. The lowest BCUT2D eigenvalue weighted by molar-refractivity contribution is -0.129. The van der Waals surface area contributed by atoms with Crippen molar-refractivity contribution in [3.63, 3.8) is 0 Å². The van der Waals surface area contributed by atoms with Gasteiger partial charge in [-0.05, 0) is 18.6 Å². The molecule has 0 aliphatic carbocycles. The van der Waals surface area contributed by atoms with Crippen LogP contribution in [-0.2, 0) is 11.2 Å². The van der Waals surface area contributed by atoms with Gasteiger partial charge in [-0.15, -0.1) is 10.2 Å². The number of aryl methyl sites for hydroxylation is 1. The normalized spacial score (nSPS) is 16.8. The first-order valence-electron chi connectivity index (χ1n) is 8.52. The van der Waals surface area contributed by atoms with E-state index in [9.17, 15) is 4.79 Å². The third-order valence-electron chi connectivity index (χ3n) is 4.31. The number of ether oxygens (including phenoxy) is 1. The van der Waals surface area contributed by atoms with Gasteiger partial charge in [-0.3, -0.25) is 4.79 Å². The van der Waals surface area contributed by atoms with Crippen LogP contribution in [0.1, 0.15) is 17.5 Å². The Morgan fingerprint density at radius 1 is 1.28 bits per heavy atom. The molecule has 6 nitrogen and oxygen atoms in total. The van der Waals surface area contributed by atoms with Crippen LogP contribution in [0.2, 0.25) is 0 Å². The Bertz CT molecular complexity index is 730. The highest BCUT2D eigenvalue weighted by molar-refractivity contribution is 5.79. The van der Waals surface area contributed by atoms with E-state index in [0.29, 0.717) is 18.8 Å². The van der Waals surface area contributed by atoms with E-state index in [1.165, 1.54) is 5.56 Å². The molecule has 0 spiro atoms. The summed E-state index contributed by atoms with van der Waals surface area (Å²) in [6.07, 6.45) is 1.23. The number of carbonyl (C=O) groups is 1. The van der Waals surface area contributed by atoms with E-state index in [2.05, 4.69) is 16.3 Å². The topological polar surface area (TPSA) is 58.6 Å².